The Labute approximate surface area is 103 Å². The third-order valence-electron chi connectivity index (χ3n) is 2.05. The summed E-state index contributed by atoms with van der Waals surface area (Å²) in [6, 6.07) is 1.41. The fourth-order valence-electron chi connectivity index (χ4n) is 1.48. The molecular formula is C10H13F3N2O2S. The number of halogens is 3. The molecule has 1 aromatic heterocycles. The largest absolute Gasteiger partial charge is 0.419 e. The Morgan fingerprint density at radius 3 is 2.56 bits per heavy atom. The van der Waals surface area contributed by atoms with E-state index in [9.17, 15) is 21.6 Å². The molecule has 1 aromatic rings. The fraction of sp³-hybridized carbons (Fsp3) is 0.500. The third kappa shape index (κ3) is 4.52. The van der Waals surface area contributed by atoms with Crippen molar-refractivity contribution in [1.29, 1.82) is 0 Å². The van der Waals surface area contributed by atoms with Crippen LogP contribution in [0.4, 0.5) is 19.0 Å². The van der Waals surface area contributed by atoms with Crippen molar-refractivity contribution in [3.63, 3.8) is 0 Å². The number of sulfone groups is 1. The first kappa shape index (κ1) is 14.7. The smallest absolute Gasteiger partial charge is 0.366 e. The van der Waals surface area contributed by atoms with Gasteiger partial charge in [-0.15, -0.1) is 0 Å². The van der Waals surface area contributed by atoms with E-state index in [4.69, 9.17) is 0 Å². The molecule has 102 valence electrons. The Bertz CT molecular complexity index is 514. The van der Waals surface area contributed by atoms with Crippen molar-refractivity contribution < 1.29 is 21.6 Å². The SMILES string of the molecule is CC(CS(C)(=O)=O)Nc1ncccc1C(F)(F)F. The van der Waals surface area contributed by atoms with Gasteiger partial charge in [-0.05, 0) is 19.1 Å². The number of nitrogens with one attached hydrogen (secondary N) is 1. The van der Waals surface area contributed by atoms with E-state index >= 15 is 0 Å². The number of aromatic nitrogens is 1. The van der Waals surface area contributed by atoms with Gasteiger partial charge in [0, 0.05) is 18.5 Å². The highest BCUT2D eigenvalue weighted by Crippen LogP contribution is 2.33. The normalized spacial score (nSPS) is 14.3. The maximum Gasteiger partial charge on any atom is 0.419 e. The first-order chi connectivity index (χ1) is 8.09. The van der Waals surface area contributed by atoms with Gasteiger partial charge in [-0.1, -0.05) is 0 Å². The van der Waals surface area contributed by atoms with Gasteiger partial charge in [-0.25, -0.2) is 13.4 Å². The summed E-state index contributed by atoms with van der Waals surface area (Å²) in [7, 11) is -3.26. The van der Waals surface area contributed by atoms with E-state index in [2.05, 4.69) is 10.3 Å². The molecule has 1 unspecified atom stereocenters. The maximum absolute atomic E-state index is 12.6. The Hall–Kier alpha value is -1.31. The molecule has 0 saturated heterocycles. The maximum atomic E-state index is 12.6. The lowest BCUT2D eigenvalue weighted by molar-refractivity contribution is -0.137. The molecule has 0 spiro atoms. The van der Waals surface area contributed by atoms with Crippen LogP contribution in [0.3, 0.4) is 0 Å². The van der Waals surface area contributed by atoms with Crippen molar-refractivity contribution in [3.05, 3.63) is 23.9 Å². The van der Waals surface area contributed by atoms with E-state index < -0.39 is 27.6 Å². The molecule has 0 aromatic carbocycles. The fourth-order valence-corrected chi connectivity index (χ4v) is 2.47. The molecule has 0 radical (unpaired) electrons. The van der Waals surface area contributed by atoms with Gasteiger partial charge in [0.15, 0.2) is 0 Å². The molecule has 0 aliphatic carbocycles. The summed E-state index contributed by atoms with van der Waals surface area (Å²) in [6.07, 6.45) is -2.29. The number of alkyl halides is 3. The van der Waals surface area contributed by atoms with E-state index in [1.165, 1.54) is 19.2 Å². The monoisotopic (exact) mass is 282 g/mol. The molecule has 18 heavy (non-hydrogen) atoms. The van der Waals surface area contributed by atoms with Crippen LogP contribution >= 0.6 is 0 Å². The van der Waals surface area contributed by atoms with Crippen LogP contribution < -0.4 is 5.32 Å². The lowest BCUT2D eigenvalue weighted by atomic mass is 10.2. The number of nitrogens with zero attached hydrogens (tertiary/aromatic N) is 1. The number of anilines is 1. The van der Waals surface area contributed by atoms with Crippen LogP contribution in [0.2, 0.25) is 0 Å². The second kappa shape index (κ2) is 5.13. The molecule has 1 rings (SSSR count). The highest BCUT2D eigenvalue weighted by molar-refractivity contribution is 7.90. The van der Waals surface area contributed by atoms with E-state index in [0.29, 0.717) is 0 Å². The second-order valence-corrected chi connectivity index (χ2v) is 6.22. The van der Waals surface area contributed by atoms with Gasteiger partial charge >= 0.3 is 6.18 Å². The average Bonchev–Trinajstić information content (AvgIpc) is 2.13. The average molecular weight is 282 g/mol. The van der Waals surface area contributed by atoms with Crippen LogP contribution in [0, 0.1) is 0 Å². The van der Waals surface area contributed by atoms with E-state index in [0.717, 1.165) is 12.3 Å². The third-order valence-corrected chi connectivity index (χ3v) is 3.15. The zero-order chi connectivity index (χ0) is 14.0. The zero-order valence-electron chi connectivity index (χ0n) is 9.82. The lowest BCUT2D eigenvalue weighted by Crippen LogP contribution is -2.27. The number of pyridine rings is 1. The molecule has 1 atom stereocenters. The molecule has 0 saturated carbocycles. The van der Waals surface area contributed by atoms with Crippen LogP contribution in [0.25, 0.3) is 0 Å². The minimum atomic E-state index is -4.53. The highest BCUT2D eigenvalue weighted by atomic mass is 32.2. The molecule has 0 bridgehead atoms. The molecule has 1 heterocycles. The van der Waals surface area contributed by atoms with Crippen LogP contribution in [-0.2, 0) is 16.0 Å². The van der Waals surface area contributed by atoms with Crippen molar-refractivity contribution in [1.82, 2.24) is 4.98 Å². The van der Waals surface area contributed by atoms with Gasteiger partial charge in [0.05, 0.1) is 11.3 Å². The van der Waals surface area contributed by atoms with Crippen LogP contribution in [-0.4, -0.2) is 31.5 Å². The molecule has 0 fully saturated rings. The van der Waals surface area contributed by atoms with Gasteiger partial charge in [-0.3, -0.25) is 0 Å². The van der Waals surface area contributed by atoms with Gasteiger partial charge in [0.2, 0.25) is 0 Å². The summed E-state index contributed by atoms with van der Waals surface area (Å²) in [6.45, 7) is 1.48. The highest BCUT2D eigenvalue weighted by Gasteiger charge is 2.34. The molecule has 8 heteroatoms. The summed E-state index contributed by atoms with van der Waals surface area (Å²) in [5.74, 6) is -0.623. The van der Waals surface area contributed by atoms with E-state index in [1.54, 1.807) is 0 Å². The Morgan fingerprint density at radius 2 is 2.06 bits per heavy atom. The second-order valence-electron chi connectivity index (χ2n) is 4.04. The summed E-state index contributed by atoms with van der Waals surface area (Å²) in [5, 5.41) is 2.46. The van der Waals surface area contributed by atoms with E-state index in [1.807, 2.05) is 0 Å². The summed E-state index contributed by atoms with van der Waals surface area (Å²) < 4.78 is 60.0. The van der Waals surface area contributed by atoms with Gasteiger partial charge in [0.25, 0.3) is 0 Å². The predicted octanol–water partition coefficient (Wildman–Crippen LogP) is 1.95. The predicted molar refractivity (Wildman–Crippen MR) is 62.0 cm³/mol. The van der Waals surface area contributed by atoms with Crippen LogP contribution in [0.5, 0.6) is 0 Å². The van der Waals surface area contributed by atoms with Crippen molar-refractivity contribution in [2.24, 2.45) is 0 Å². The van der Waals surface area contributed by atoms with Gasteiger partial charge in [0.1, 0.15) is 15.7 Å². The number of hydrogen-bond acceptors (Lipinski definition) is 4. The quantitative estimate of drug-likeness (QED) is 0.917. The summed E-state index contributed by atoms with van der Waals surface area (Å²) >= 11 is 0. The molecule has 0 aliphatic rings. The van der Waals surface area contributed by atoms with Gasteiger partial charge < -0.3 is 5.32 Å². The van der Waals surface area contributed by atoms with Crippen molar-refractivity contribution >= 4 is 15.7 Å². The minimum absolute atomic E-state index is 0.263. The van der Waals surface area contributed by atoms with Crippen molar-refractivity contribution in [2.45, 2.75) is 19.1 Å². The first-order valence-electron chi connectivity index (χ1n) is 5.06. The molecule has 0 amide bonds. The standard InChI is InChI=1S/C10H13F3N2O2S/c1-7(6-18(2,16)17)15-9-8(10(11,12)13)4-3-5-14-9/h3-5,7H,6H2,1-2H3,(H,14,15). The Morgan fingerprint density at radius 1 is 1.44 bits per heavy atom. The summed E-state index contributed by atoms with van der Waals surface area (Å²) in [5.41, 5.74) is -0.912. The zero-order valence-corrected chi connectivity index (χ0v) is 10.6. The Balaban J connectivity index is 2.92. The number of rotatable bonds is 4. The molecular weight excluding hydrogens is 269 g/mol. The van der Waals surface area contributed by atoms with Gasteiger partial charge in [-0.2, -0.15) is 13.2 Å². The molecule has 4 nitrogen and oxygen atoms in total. The van der Waals surface area contributed by atoms with Crippen molar-refractivity contribution in [3.8, 4) is 0 Å². The first-order valence-corrected chi connectivity index (χ1v) is 7.12. The van der Waals surface area contributed by atoms with Crippen LogP contribution in [0.15, 0.2) is 18.3 Å². The number of hydrogen-bond donors (Lipinski definition) is 1. The molecule has 1 N–H and O–H groups in total. The lowest BCUT2D eigenvalue weighted by Gasteiger charge is -2.17. The Kier molecular flexibility index (Phi) is 4.20. The molecule has 0 aliphatic heterocycles. The van der Waals surface area contributed by atoms with Crippen molar-refractivity contribution in [2.75, 3.05) is 17.3 Å². The minimum Gasteiger partial charge on any atom is -0.366 e. The van der Waals surface area contributed by atoms with Crippen LogP contribution in [0.1, 0.15) is 12.5 Å². The summed E-state index contributed by atoms with van der Waals surface area (Å²) in [4.78, 5) is 3.59. The van der Waals surface area contributed by atoms with E-state index in [-0.39, 0.29) is 11.6 Å². The topological polar surface area (TPSA) is 59.1 Å².